The largest absolute Gasteiger partial charge is 0.505 e. The van der Waals surface area contributed by atoms with Gasteiger partial charge in [-0.1, -0.05) is 33.8 Å². The number of hydrogen-bond donors (Lipinski definition) is 7. The molecular weight excluding hydrogens is 570 g/mol. The van der Waals surface area contributed by atoms with E-state index in [1.165, 1.54) is 13.2 Å². The van der Waals surface area contributed by atoms with Crippen LogP contribution in [0.3, 0.4) is 0 Å². The standard InChI is InChI=1S/C32H39N3O9/c1-14(2)21-25(38)20(28(33)41)26(39)32(43)27(40)22-24(37)19-15(12-30(22,3)13-31(21,32)4)6-11-18(23(19)36)35-29(42)34-16-7-9-17(44-5)10-8-16/h6-11,14,20-22,25,27,36,38,40,43H,12-13H2,1-5H3,(H2,33,41)(H2,34,35,42)/t20-,21+,22-,25?,27?,30-,31-,32+/m1/s1. The number of nitrogens with two attached hydrogens (primary N) is 1. The summed E-state index contributed by atoms with van der Waals surface area (Å²) in [5, 5.41) is 51.6. The van der Waals surface area contributed by atoms with Gasteiger partial charge in [0.25, 0.3) is 0 Å². The molecule has 3 aliphatic carbocycles. The average molecular weight is 610 g/mol. The van der Waals surface area contributed by atoms with Crippen molar-refractivity contribution < 1.29 is 44.3 Å². The fourth-order valence-corrected chi connectivity index (χ4v) is 8.58. The van der Waals surface area contributed by atoms with E-state index in [0.717, 1.165) is 0 Å². The second-order valence-electron chi connectivity index (χ2n) is 13.3. The Kier molecular flexibility index (Phi) is 7.55. The number of hydrogen-bond acceptors (Lipinski definition) is 9. The van der Waals surface area contributed by atoms with Gasteiger partial charge >= 0.3 is 6.03 Å². The number of urea groups is 1. The number of carbonyl (C=O) groups is 4. The molecule has 2 unspecified atom stereocenters. The highest BCUT2D eigenvalue weighted by molar-refractivity contribution is 6.10. The van der Waals surface area contributed by atoms with E-state index >= 15 is 0 Å². The smallest absolute Gasteiger partial charge is 0.323 e. The minimum atomic E-state index is -2.60. The Labute approximate surface area is 254 Å². The van der Waals surface area contributed by atoms with Gasteiger partial charge in [-0.05, 0) is 66.0 Å². The number of benzene rings is 2. The summed E-state index contributed by atoms with van der Waals surface area (Å²) < 4.78 is 5.11. The maximum absolute atomic E-state index is 14.2. The van der Waals surface area contributed by atoms with Crippen molar-refractivity contribution in [3.8, 4) is 11.5 Å². The summed E-state index contributed by atoms with van der Waals surface area (Å²) in [6.07, 6.45) is -3.25. The number of ether oxygens (including phenoxy) is 1. The summed E-state index contributed by atoms with van der Waals surface area (Å²) in [6.45, 7) is 6.94. The van der Waals surface area contributed by atoms with Crippen molar-refractivity contribution in [3.63, 3.8) is 0 Å². The molecule has 0 aliphatic heterocycles. The minimum Gasteiger partial charge on any atom is -0.505 e. The summed E-state index contributed by atoms with van der Waals surface area (Å²) >= 11 is 0. The van der Waals surface area contributed by atoms with E-state index in [2.05, 4.69) is 10.6 Å². The van der Waals surface area contributed by atoms with Crippen LogP contribution in [-0.2, 0) is 16.0 Å². The Morgan fingerprint density at radius 2 is 1.68 bits per heavy atom. The molecule has 2 saturated carbocycles. The van der Waals surface area contributed by atoms with Crippen molar-refractivity contribution in [2.24, 2.45) is 40.2 Å². The lowest BCUT2D eigenvalue weighted by molar-refractivity contribution is -0.265. The topological polar surface area (TPSA) is 209 Å². The highest BCUT2D eigenvalue weighted by atomic mass is 16.5. The van der Waals surface area contributed by atoms with Crippen LogP contribution in [0.5, 0.6) is 11.5 Å². The number of phenols is 1. The first kappa shape index (κ1) is 31.4. The summed E-state index contributed by atoms with van der Waals surface area (Å²) in [5.41, 5.74) is 1.18. The molecule has 12 heteroatoms. The normalized spacial score (nSPS) is 34.4. The van der Waals surface area contributed by atoms with Gasteiger partial charge in [-0.25, -0.2) is 4.79 Å². The Morgan fingerprint density at radius 1 is 1.05 bits per heavy atom. The number of aromatic hydroxyl groups is 1. The van der Waals surface area contributed by atoms with Crippen molar-refractivity contribution in [2.75, 3.05) is 17.7 Å². The summed E-state index contributed by atoms with van der Waals surface area (Å²) in [7, 11) is 1.51. The number of aliphatic hydroxyl groups excluding tert-OH is 2. The molecule has 44 heavy (non-hydrogen) atoms. The van der Waals surface area contributed by atoms with Crippen LogP contribution in [0.15, 0.2) is 36.4 Å². The number of rotatable bonds is 5. The molecule has 0 saturated heterocycles. The number of primary amides is 1. The average Bonchev–Trinajstić information content (AvgIpc) is 2.92. The third-order valence-electron chi connectivity index (χ3n) is 10.2. The minimum absolute atomic E-state index is 0.0472. The second kappa shape index (κ2) is 10.6. The summed E-state index contributed by atoms with van der Waals surface area (Å²) in [4.78, 5) is 53.0. The van der Waals surface area contributed by atoms with Gasteiger partial charge in [0, 0.05) is 11.1 Å². The van der Waals surface area contributed by atoms with Gasteiger partial charge in [0.15, 0.2) is 17.2 Å². The Hall–Kier alpha value is -4.00. The Balaban J connectivity index is 1.52. The van der Waals surface area contributed by atoms with E-state index in [-0.39, 0.29) is 30.0 Å². The lowest BCUT2D eigenvalue weighted by Gasteiger charge is -2.66. The molecule has 8 N–H and O–H groups in total. The number of fused-ring (bicyclic) bond motifs is 3. The van der Waals surface area contributed by atoms with Crippen LogP contribution in [0.1, 0.15) is 50.0 Å². The number of methoxy groups -OCH3 is 1. The van der Waals surface area contributed by atoms with E-state index < -0.39 is 75.6 Å². The number of amides is 3. The first-order valence-corrected chi connectivity index (χ1v) is 14.5. The maximum Gasteiger partial charge on any atom is 0.323 e. The Bertz CT molecular complexity index is 1540. The van der Waals surface area contributed by atoms with E-state index in [4.69, 9.17) is 10.5 Å². The van der Waals surface area contributed by atoms with Gasteiger partial charge in [0.05, 0.1) is 30.4 Å². The van der Waals surface area contributed by atoms with Crippen LogP contribution >= 0.6 is 0 Å². The summed E-state index contributed by atoms with van der Waals surface area (Å²) in [6, 6.07) is 8.94. The van der Waals surface area contributed by atoms with Crippen LogP contribution in [0.25, 0.3) is 0 Å². The molecule has 0 heterocycles. The van der Waals surface area contributed by atoms with Crippen LogP contribution in [-0.4, -0.2) is 68.8 Å². The van der Waals surface area contributed by atoms with Gasteiger partial charge in [0.1, 0.15) is 23.5 Å². The highest BCUT2D eigenvalue weighted by Crippen LogP contribution is 2.65. The Morgan fingerprint density at radius 3 is 2.25 bits per heavy atom. The van der Waals surface area contributed by atoms with E-state index in [1.54, 1.807) is 58.0 Å². The third kappa shape index (κ3) is 4.38. The van der Waals surface area contributed by atoms with Gasteiger partial charge in [-0.2, -0.15) is 0 Å². The number of anilines is 2. The van der Waals surface area contributed by atoms with Crippen molar-refractivity contribution >= 4 is 34.9 Å². The van der Waals surface area contributed by atoms with E-state index in [0.29, 0.717) is 17.0 Å². The van der Waals surface area contributed by atoms with E-state index in [9.17, 15) is 39.6 Å². The van der Waals surface area contributed by atoms with Crippen LogP contribution in [0.2, 0.25) is 0 Å². The molecule has 2 aromatic rings. The predicted octanol–water partition coefficient (Wildman–Crippen LogP) is 2.23. The fraction of sp³-hybridized carbons (Fsp3) is 0.500. The van der Waals surface area contributed by atoms with Crippen molar-refractivity contribution in [3.05, 3.63) is 47.5 Å². The molecule has 8 atom stereocenters. The lowest BCUT2D eigenvalue weighted by Crippen LogP contribution is -2.79. The van der Waals surface area contributed by atoms with Gasteiger partial charge in [-0.15, -0.1) is 0 Å². The van der Waals surface area contributed by atoms with Crippen molar-refractivity contribution in [1.82, 2.24) is 0 Å². The number of carbonyl (C=O) groups excluding carboxylic acids is 4. The molecule has 0 radical (unpaired) electrons. The molecule has 236 valence electrons. The second-order valence-corrected chi connectivity index (χ2v) is 13.3. The van der Waals surface area contributed by atoms with Gasteiger partial charge < -0.3 is 41.5 Å². The van der Waals surface area contributed by atoms with Crippen LogP contribution in [0, 0.1) is 34.5 Å². The zero-order chi connectivity index (χ0) is 32.5. The highest BCUT2D eigenvalue weighted by Gasteiger charge is 2.75. The molecule has 0 spiro atoms. The van der Waals surface area contributed by atoms with Crippen LogP contribution in [0.4, 0.5) is 16.2 Å². The number of phenolic OH excluding ortho intramolecular Hbond substituents is 1. The molecule has 2 aromatic carbocycles. The molecule has 5 rings (SSSR count). The first-order chi connectivity index (χ1) is 20.5. The van der Waals surface area contributed by atoms with Gasteiger partial charge in [0.2, 0.25) is 5.91 Å². The number of ketones is 2. The predicted molar refractivity (Wildman–Crippen MR) is 159 cm³/mol. The zero-order valence-electron chi connectivity index (χ0n) is 25.2. The lowest BCUT2D eigenvalue weighted by atomic mass is 9.39. The zero-order valence-corrected chi connectivity index (χ0v) is 25.2. The fourth-order valence-electron chi connectivity index (χ4n) is 8.58. The summed E-state index contributed by atoms with van der Waals surface area (Å²) in [5.74, 6) is -7.20. The molecule has 12 nitrogen and oxygen atoms in total. The van der Waals surface area contributed by atoms with Gasteiger partial charge in [-0.3, -0.25) is 14.4 Å². The number of nitrogens with one attached hydrogen (secondary N) is 2. The quantitative estimate of drug-likeness (QED) is 0.196. The first-order valence-electron chi connectivity index (χ1n) is 14.5. The van der Waals surface area contributed by atoms with Crippen molar-refractivity contribution in [1.29, 1.82) is 0 Å². The molecular formula is C32H39N3O9. The molecule has 3 amide bonds. The monoisotopic (exact) mass is 609 g/mol. The number of aliphatic hydroxyl groups is 3. The third-order valence-corrected chi connectivity index (χ3v) is 10.2. The molecule has 2 fully saturated rings. The molecule has 0 bridgehead atoms. The molecule has 0 aromatic heterocycles. The van der Waals surface area contributed by atoms with Crippen molar-refractivity contribution in [2.45, 2.75) is 58.3 Å². The SMILES string of the molecule is COc1ccc(NC(=O)Nc2ccc3c(c2O)C(=O)[C@@H]2C(O)[C@@]4(O)C(=O)[C@H](C(N)=O)C(O)[C@H](C(C)C)[C@@]4(C)C[C@@]2(C)C3)cc1. The number of Topliss-reactive ketones (excluding diaryl/α,β-unsaturated/α-hetero) is 2. The maximum atomic E-state index is 14.2. The molecule has 3 aliphatic rings. The van der Waals surface area contributed by atoms with E-state index in [1.807, 2.05) is 0 Å². The van der Waals surface area contributed by atoms with Crippen LogP contribution < -0.4 is 21.1 Å².